The number of nitrogens with zero attached hydrogens (tertiary/aromatic N) is 3. The van der Waals surface area contributed by atoms with Crippen LogP contribution in [0.5, 0.6) is 0 Å². The molecule has 0 saturated heterocycles. The van der Waals surface area contributed by atoms with E-state index in [1.54, 1.807) is 13.1 Å². The van der Waals surface area contributed by atoms with Crippen molar-refractivity contribution in [1.82, 2.24) is 14.6 Å². The van der Waals surface area contributed by atoms with E-state index >= 15 is 0 Å². The minimum atomic E-state index is -5.24. The molecule has 0 aliphatic carbocycles. The van der Waals surface area contributed by atoms with Crippen LogP contribution >= 0.6 is 0 Å². The normalized spacial score (nSPS) is 13.5. The summed E-state index contributed by atoms with van der Waals surface area (Å²) in [6, 6.07) is 1.53. The zero-order valence-corrected chi connectivity index (χ0v) is 9.57. The molecule has 1 unspecified atom stereocenters. The van der Waals surface area contributed by atoms with E-state index in [9.17, 15) is 22.4 Å². The largest absolute Gasteiger partial charge is 0.428 e. The highest BCUT2D eigenvalue weighted by Crippen LogP contribution is 2.26. The summed E-state index contributed by atoms with van der Waals surface area (Å²) in [5.41, 5.74) is 0.586. The first-order chi connectivity index (χ1) is 8.80. The number of amides is 1. The summed E-state index contributed by atoms with van der Waals surface area (Å²) in [7, 11) is 0. The first kappa shape index (κ1) is 13.2. The maximum absolute atomic E-state index is 12.9. The van der Waals surface area contributed by atoms with E-state index in [-0.39, 0.29) is 11.3 Å². The maximum atomic E-state index is 12.9. The van der Waals surface area contributed by atoms with Gasteiger partial charge in [0.25, 0.3) is 12.1 Å². The van der Waals surface area contributed by atoms with Crippen molar-refractivity contribution in [1.29, 1.82) is 0 Å². The summed E-state index contributed by atoms with van der Waals surface area (Å²) < 4.78 is 50.5. The van der Waals surface area contributed by atoms with Gasteiger partial charge in [0.15, 0.2) is 5.65 Å². The van der Waals surface area contributed by atoms with Crippen molar-refractivity contribution < 1.29 is 22.4 Å². The minimum Gasteiger partial charge on any atom is -0.320 e. The Balaban J connectivity index is 2.33. The lowest BCUT2D eigenvalue weighted by molar-refractivity contribution is -0.183. The lowest BCUT2D eigenvalue weighted by Crippen LogP contribution is -2.37. The molecule has 9 heteroatoms. The van der Waals surface area contributed by atoms with Crippen molar-refractivity contribution in [3.8, 4) is 0 Å². The van der Waals surface area contributed by atoms with Gasteiger partial charge in [-0.3, -0.25) is 9.20 Å². The van der Waals surface area contributed by atoms with Gasteiger partial charge in [-0.25, -0.2) is 4.39 Å². The molecule has 2 heterocycles. The molecule has 19 heavy (non-hydrogen) atoms. The van der Waals surface area contributed by atoms with E-state index in [0.29, 0.717) is 5.56 Å². The van der Waals surface area contributed by atoms with Gasteiger partial charge < -0.3 is 5.32 Å². The van der Waals surface area contributed by atoms with Crippen molar-refractivity contribution in [2.45, 2.75) is 19.3 Å². The molecule has 102 valence electrons. The van der Waals surface area contributed by atoms with Gasteiger partial charge in [0, 0.05) is 6.20 Å². The smallest absolute Gasteiger partial charge is 0.320 e. The second-order valence-electron chi connectivity index (χ2n) is 3.83. The molecular weight excluding hydrogens is 268 g/mol. The molecule has 0 aliphatic heterocycles. The monoisotopic (exact) mass is 276 g/mol. The molecular formula is C10H8F4N4O. The Labute approximate surface area is 104 Å². The van der Waals surface area contributed by atoms with Crippen LogP contribution < -0.4 is 5.32 Å². The predicted octanol–water partition coefficient (Wildman–Crippen LogP) is 1.88. The van der Waals surface area contributed by atoms with Crippen LogP contribution in [0.2, 0.25) is 0 Å². The highest BCUT2D eigenvalue weighted by atomic mass is 19.4. The number of rotatable bonds is 2. The van der Waals surface area contributed by atoms with E-state index in [0.717, 1.165) is 0 Å². The van der Waals surface area contributed by atoms with Crippen LogP contribution in [0.25, 0.3) is 5.65 Å². The number of anilines is 1. The van der Waals surface area contributed by atoms with Gasteiger partial charge in [-0.05, 0) is 18.6 Å². The molecule has 0 saturated carbocycles. The third-order valence-corrected chi connectivity index (χ3v) is 2.44. The Bertz CT molecular complexity index is 622. The average Bonchev–Trinajstić information content (AvgIpc) is 2.78. The summed E-state index contributed by atoms with van der Waals surface area (Å²) in [5, 5.41) is 9.09. The van der Waals surface area contributed by atoms with Gasteiger partial charge in [-0.15, -0.1) is 10.2 Å². The molecule has 1 N–H and O–H groups in total. The van der Waals surface area contributed by atoms with E-state index in [1.807, 2.05) is 5.32 Å². The van der Waals surface area contributed by atoms with E-state index in [2.05, 4.69) is 10.2 Å². The molecule has 0 bridgehead atoms. The number of aromatic nitrogens is 3. The SMILES string of the molecule is Cc1ccn2cnnc2c1NC(=O)C(F)C(F)(F)F. The van der Waals surface area contributed by atoms with Gasteiger partial charge in [0.2, 0.25) is 0 Å². The first-order valence-corrected chi connectivity index (χ1v) is 5.11. The number of carbonyl (C=O) groups excluding carboxylic acids is 1. The summed E-state index contributed by atoms with van der Waals surface area (Å²) >= 11 is 0. The quantitative estimate of drug-likeness (QED) is 0.852. The second-order valence-corrected chi connectivity index (χ2v) is 3.83. The summed E-state index contributed by atoms with van der Waals surface area (Å²) in [4.78, 5) is 11.2. The number of hydrogen-bond donors (Lipinski definition) is 1. The fourth-order valence-electron chi connectivity index (χ4n) is 1.47. The number of carbonyl (C=O) groups is 1. The van der Waals surface area contributed by atoms with Crippen LogP contribution in [0.4, 0.5) is 23.2 Å². The van der Waals surface area contributed by atoms with Crippen molar-refractivity contribution in [3.05, 3.63) is 24.2 Å². The zero-order chi connectivity index (χ0) is 14.2. The Hall–Kier alpha value is -2.19. The number of nitrogens with one attached hydrogen (secondary N) is 1. The third kappa shape index (κ3) is 2.49. The average molecular weight is 276 g/mol. The Morgan fingerprint density at radius 1 is 1.47 bits per heavy atom. The van der Waals surface area contributed by atoms with Gasteiger partial charge in [-0.1, -0.05) is 0 Å². The third-order valence-electron chi connectivity index (χ3n) is 2.44. The summed E-state index contributed by atoms with van der Waals surface area (Å²) in [5.74, 6) is -1.79. The number of fused-ring (bicyclic) bond motifs is 1. The molecule has 1 atom stereocenters. The summed E-state index contributed by atoms with van der Waals surface area (Å²) in [6.45, 7) is 1.55. The number of hydrogen-bond acceptors (Lipinski definition) is 3. The molecule has 0 radical (unpaired) electrons. The number of alkyl halides is 4. The maximum Gasteiger partial charge on any atom is 0.428 e. The van der Waals surface area contributed by atoms with Crippen LogP contribution in [0.1, 0.15) is 5.56 Å². The molecule has 5 nitrogen and oxygen atoms in total. The Morgan fingerprint density at radius 2 is 2.16 bits per heavy atom. The molecule has 0 fully saturated rings. The summed E-state index contributed by atoms with van der Waals surface area (Å²) in [6.07, 6.45) is -5.95. The van der Waals surface area contributed by atoms with E-state index in [1.165, 1.54) is 16.8 Å². The second kappa shape index (κ2) is 4.48. The highest BCUT2D eigenvalue weighted by Gasteiger charge is 2.45. The minimum absolute atomic E-state index is 0.00287. The van der Waals surface area contributed by atoms with Gasteiger partial charge >= 0.3 is 6.18 Å². The molecule has 0 aromatic carbocycles. The Morgan fingerprint density at radius 3 is 2.79 bits per heavy atom. The highest BCUT2D eigenvalue weighted by molar-refractivity contribution is 5.98. The molecule has 2 rings (SSSR count). The standard InChI is InChI=1S/C10H8F4N4O/c1-5-2-3-18-4-15-17-8(18)6(5)16-9(19)7(11)10(12,13)14/h2-4,7H,1H3,(H,16,19). The van der Waals surface area contributed by atoms with Crippen molar-refractivity contribution >= 4 is 17.2 Å². The topological polar surface area (TPSA) is 59.3 Å². The van der Waals surface area contributed by atoms with Crippen LogP contribution in [-0.4, -0.2) is 32.9 Å². The number of aryl methyl sites for hydroxylation is 1. The first-order valence-electron chi connectivity index (χ1n) is 5.11. The van der Waals surface area contributed by atoms with E-state index in [4.69, 9.17) is 0 Å². The fraction of sp³-hybridized carbons (Fsp3) is 0.300. The predicted molar refractivity (Wildman–Crippen MR) is 57.3 cm³/mol. The van der Waals surface area contributed by atoms with Crippen molar-refractivity contribution in [2.75, 3.05) is 5.32 Å². The number of halogens is 4. The Kier molecular flexibility index (Phi) is 3.13. The van der Waals surface area contributed by atoms with Crippen LogP contribution in [0, 0.1) is 6.92 Å². The molecule has 2 aromatic heterocycles. The van der Waals surface area contributed by atoms with Gasteiger partial charge in [0.1, 0.15) is 6.33 Å². The molecule has 2 aromatic rings. The molecule has 1 amide bonds. The van der Waals surface area contributed by atoms with Crippen molar-refractivity contribution in [2.24, 2.45) is 0 Å². The van der Waals surface area contributed by atoms with Gasteiger partial charge in [0.05, 0.1) is 5.69 Å². The molecule has 0 spiro atoms. The lowest BCUT2D eigenvalue weighted by Gasteiger charge is -2.14. The van der Waals surface area contributed by atoms with E-state index < -0.39 is 18.3 Å². The zero-order valence-electron chi connectivity index (χ0n) is 9.57. The van der Waals surface area contributed by atoms with Crippen LogP contribution in [0.3, 0.4) is 0 Å². The fourth-order valence-corrected chi connectivity index (χ4v) is 1.47. The number of pyridine rings is 1. The van der Waals surface area contributed by atoms with Crippen molar-refractivity contribution in [3.63, 3.8) is 0 Å². The van der Waals surface area contributed by atoms with Crippen LogP contribution in [-0.2, 0) is 4.79 Å². The van der Waals surface area contributed by atoms with Gasteiger partial charge in [-0.2, -0.15) is 13.2 Å². The molecule has 0 aliphatic rings. The van der Waals surface area contributed by atoms with Crippen LogP contribution in [0.15, 0.2) is 18.6 Å². The lowest BCUT2D eigenvalue weighted by atomic mass is 10.2.